The molecule has 5 heterocycles. The molecule has 3 aromatic heterocycles. The zero-order valence-corrected chi connectivity index (χ0v) is 36.1. The number of aryl methyl sites for hydroxylation is 1. The number of pyridine rings is 1. The molecule has 6 nitrogen and oxygen atoms in total. The molecule has 8 aromatic carbocycles. The van der Waals surface area contributed by atoms with E-state index in [1.807, 2.05) is 36.5 Å². The zero-order valence-electron chi connectivity index (χ0n) is 33.8. The number of nitrogens with zero attached hydrogens (tertiary/aromatic N) is 4. The smallest absolute Gasteiger partial charge is 0.242 e. The molecule has 0 atom stereocenters. The number of benzene rings is 8. The fourth-order valence-corrected chi connectivity index (χ4v) is 10.2. The van der Waals surface area contributed by atoms with Gasteiger partial charge in [-0.15, -0.1) is 35.2 Å². The van der Waals surface area contributed by atoms with E-state index < -0.39 is 5.41 Å². The Hall–Kier alpha value is -7.53. The molecule has 0 bridgehead atoms. The van der Waals surface area contributed by atoms with E-state index >= 15 is 0 Å². The molecule has 0 aliphatic carbocycles. The molecule has 63 heavy (non-hydrogen) atoms. The predicted molar refractivity (Wildman–Crippen MR) is 242 cm³/mol. The summed E-state index contributed by atoms with van der Waals surface area (Å²) < 4.78 is 20.3. The van der Waals surface area contributed by atoms with Crippen molar-refractivity contribution in [2.24, 2.45) is 7.05 Å². The van der Waals surface area contributed by atoms with E-state index in [1.54, 1.807) is 0 Å². The van der Waals surface area contributed by atoms with E-state index in [2.05, 4.69) is 191 Å². The van der Waals surface area contributed by atoms with Crippen LogP contribution in [0.5, 0.6) is 23.0 Å². The second-order valence-electron chi connectivity index (χ2n) is 15.9. The minimum atomic E-state index is -0.866. The van der Waals surface area contributed by atoms with Gasteiger partial charge in [0.1, 0.15) is 17.3 Å². The van der Waals surface area contributed by atoms with Gasteiger partial charge >= 0.3 is 0 Å². The quantitative estimate of drug-likeness (QED) is 0.127. The Balaban J connectivity index is 0.00000421. The third kappa shape index (κ3) is 5.35. The first kappa shape index (κ1) is 37.2. The second kappa shape index (κ2) is 14.3. The summed E-state index contributed by atoms with van der Waals surface area (Å²) in [7, 11) is 2.06. The van der Waals surface area contributed by atoms with Crippen molar-refractivity contribution in [1.82, 2.24) is 14.1 Å². The average Bonchev–Trinajstić information content (AvgIpc) is 3.85. The molecule has 0 saturated carbocycles. The first-order valence-electron chi connectivity index (χ1n) is 20.8. The Morgan fingerprint density at radius 1 is 0.587 bits per heavy atom. The molecule has 0 N–H and O–H groups in total. The Morgan fingerprint density at radius 2 is 1.24 bits per heavy atom. The maximum Gasteiger partial charge on any atom is 0.242 e. The van der Waals surface area contributed by atoms with Crippen LogP contribution >= 0.6 is 0 Å². The SMILES string of the molecule is C[n+]1[c-]n2c3c(cccc31)C1(c3ccc(Oc4[c-]c5c(cc4)c4ccccc4n5-c4ccccn4)[c-]c3-2)c2c(cccc2-c2ccccc2)Oc2cccc(-c3ccccc3)c21.[Pt]. The fraction of sp³-hybridized carbons (Fsp3) is 0.0357. The van der Waals surface area contributed by atoms with Gasteiger partial charge in [-0.2, -0.15) is 12.1 Å². The molecule has 2 aliphatic rings. The third-order valence-corrected chi connectivity index (χ3v) is 12.6. The van der Waals surface area contributed by atoms with Crippen LogP contribution in [0.2, 0.25) is 0 Å². The molecule has 0 radical (unpaired) electrons. The van der Waals surface area contributed by atoms with Gasteiger partial charge in [0, 0.05) is 60.8 Å². The van der Waals surface area contributed by atoms with Crippen molar-refractivity contribution in [3.8, 4) is 56.8 Å². The van der Waals surface area contributed by atoms with E-state index in [0.29, 0.717) is 11.5 Å². The van der Waals surface area contributed by atoms with Gasteiger partial charge in [0.05, 0.1) is 18.1 Å². The molecule has 0 fully saturated rings. The maximum atomic E-state index is 7.07. The molecule has 2 aliphatic heterocycles. The average molecular weight is 990 g/mol. The second-order valence-corrected chi connectivity index (χ2v) is 15.9. The van der Waals surface area contributed by atoms with Crippen molar-refractivity contribution in [3.05, 3.63) is 229 Å². The predicted octanol–water partition coefficient (Wildman–Crippen LogP) is 12.3. The van der Waals surface area contributed by atoms with Crippen LogP contribution < -0.4 is 14.0 Å². The Kier molecular flexibility index (Phi) is 8.44. The summed E-state index contributed by atoms with van der Waals surface area (Å²) in [6.45, 7) is 0. The van der Waals surface area contributed by atoms with Crippen molar-refractivity contribution in [1.29, 1.82) is 0 Å². The normalized spacial score (nSPS) is 13.0. The van der Waals surface area contributed by atoms with E-state index in [-0.39, 0.29) is 21.1 Å². The summed E-state index contributed by atoms with van der Waals surface area (Å²) in [5.41, 5.74) is 12.8. The van der Waals surface area contributed by atoms with Crippen LogP contribution in [0.15, 0.2) is 188 Å². The Bertz CT molecular complexity index is 3510. The fourth-order valence-electron chi connectivity index (χ4n) is 10.2. The van der Waals surface area contributed by atoms with Crippen LogP contribution in [0.3, 0.4) is 0 Å². The number of rotatable bonds is 5. The minimum Gasteiger partial charge on any atom is -0.510 e. The van der Waals surface area contributed by atoms with Crippen molar-refractivity contribution < 1.29 is 35.1 Å². The molecule has 11 aromatic rings. The van der Waals surface area contributed by atoms with Gasteiger partial charge in [-0.1, -0.05) is 139 Å². The number of hydrogen-bond acceptors (Lipinski definition) is 3. The van der Waals surface area contributed by atoms with E-state index in [4.69, 9.17) is 14.5 Å². The van der Waals surface area contributed by atoms with Crippen molar-refractivity contribution in [2.45, 2.75) is 5.41 Å². The van der Waals surface area contributed by atoms with Crippen LogP contribution in [0, 0.1) is 18.5 Å². The van der Waals surface area contributed by atoms with Gasteiger partial charge in [-0.3, -0.25) is 0 Å². The molecule has 1 spiro atoms. The monoisotopic (exact) mass is 989 g/mol. The molecule has 302 valence electrons. The summed E-state index contributed by atoms with van der Waals surface area (Å²) in [6, 6.07) is 71.0. The number of aromatic nitrogens is 4. The van der Waals surface area contributed by atoms with Crippen LogP contribution in [-0.2, 0) is 33.5 Å². The molecular weight excluding hydrogens is 956 g/mol. The number of fused-ring (bicyclic) bond motifs is 11. The van der Waals surface area contributed by atoms with Crippen molar-refractivity contribution >= 4 is 32.8 Å². The molecule has 0 unspecified atom stereocenters. The largest absolute Gasteiger partial charge is 0.510 e. The van der Waals surface area contributed by atoms with E-state index in [1.165, 1.54) is 0 Å². The van der Waals surface area contributed by atoms with Gasteiger partial charge < -0.3 is 23.2 Å². The standard InChI is InChI=1S/C56H34N4O2.Pt/c1-58-35-59-49-34-39(61-38-28-30-43-42-19-8-9-23-46(42)60(48(43)33-38)52-27-10-11-32-57-52)29-31-44(49)56(45-22-14-24-47(58)55(45)59)53-40(36-15-4-2-5-16-36)20-12-25-50(53)62-51-26-13-21-41(54(51)56)37-17-6-3-7-18-37;/h2-32H,1H3;/q-2;. The Labute approximate surface area is 378 Å². The molecular formula is C56H34N4O2Pt-2. The number of para-hydroxylation sites is 2. The topological polar surface area (TPSA) is 45.1 Å². The van der Waals surface area contributed by atoms with Gasteiger partial charge in [-0.25, -0.2) is 4.98 Å². The van der Waals surface area contributed by atoms with E-state index in [0.717, 1.165) is 100 Å². The zero-order chi connectivity index (χ0) is 40.9. The first-order valence-corrected chi connectivity index (χ1v) is 20.8. The van der Waals surface area contributed by atoms with Crippen LogP contribution in [0.25, 0.3) is 66.6 Å². The van der Waals surface area contributed by atoms with Crippen molar-refractivity contribution in [3.63, 3.8) is 0 Å². The number of hydrogen-bond donors (Lipinski definition) is 0. The molecule has 7 heteroatoms. The minimum absolute atomic E-state index is 0. The summed E-state index contributed by atoms with van der Waals surface area (Å²) in [4.78, 5) is 4.73. The van der Waals surface area contributed by atoms with Crippen molar-refractivity contribution in [2.75, 3.05) is 0 Å². The van der Waals surface area contributed by atoms with Gasteiger partial charge in [0.25, 0.3) is 0 Å². The first-order chi connectivity index (χ1) is 30.7. The van der Waals surface area contributed by atoms with Crippen LogP contribution in [0.4, 0.5) is 0 Å². The van der Waals surface area contributed by atoms with Crippen LogP contribution in [0.1, 0.15) is 22.3 Å². The summed E-state index contributed by atoms with van der Waals surface area (Å²) in [6.07, 6.45) is 5.48. The molecule has 0 saturated heterocycles. The summed E-state index contributed by atoms with van der Waals surface area (Å²) in [5.74, 6) is 3.58. The van der Waals surface area contributed by atoms with Crippen LogP contribution in [-0.4, -0.2) is 14.1 Å². The summed E-state index contributed by atoms with van der Waals surface area (Å²) in [5, 5.41) is 2.20. The molecule has 0 amide bonds. The molecule has 13 rings (SSSR count). The Morgan fingerprint density at radius 3 is 1.95 bits per heavy atom. The van der Waals surface area contributed by atoms with Gasteiger partial charge in [-0.05, 0) is 63.5 Å². The van der Waals surface area contributed by atoms with E-state index in [9.17, 15) is 0 Å². The summed E-state index contributed by atoms with van der Waals surface area (Å²) >= 11 is 0. The van der Waals surface area contributed by atoms with Gasteiger partial charge in [0.2, 0.25) is 6.33 Å². The number of ether oxygens (including phenoxy) is 2. The number of imidazole rings is 1. The third-order valence-electron chi connectivity index (χ3n) is 12.6. The van der Waals surface area contributed by atoms with Gasteiger partial charge in [0.15, 0.2) is 0 Å². The maximum absolute atomic E-state index is 7.07.